The van der Waals surface area contributed by atoms with Crippen molar-refractivity contribution in [2.75, 3.05) is 7.11 Å². The third-order valence-corrected chi connectivity index (χ3v) is 2.82. The fourth-order valence-electron chi connectivity index (χ4n) is 1.64. The van der Waals surface area contributed by atoms with Crippen molar-refractivity contribution in [3.05, 3.63) is 18.1 Å². The first-order valence-corrected chi connectivity index (χ1v) is 5.17. The zero-order valence-electron chi connectivity index (χ0n) is 8.77. The number of ketones is 1. The number of carbonyl (C=O) groups is 1. The van der Waals surface area contributed by atoms with Gasteiger partial charge in [0.2, 0.25) is 5.88 Å². The van der Waals surface area contributed by atoms with E-state index >= 15 is 0 Å². The van der Waals surface area contributed by atoms with E-state index in [1.807, 2.05) is 0 Å². The van der Waals surface area contributed by atoms with E-state index in [1.165, 1.54) is 12.7 Å². The highest BCUT2D eigenvalue weighted by molar-refractivity contribution is 5.83. The van der Waals surface area contributed by atoms with Gasteiger partial charge in [-0.3, -0.25) is 4.79 Å². The van der Waals surface area contributed by atoms with E-state index in [2.05, 4.69) is 9.97 Å². The second-order valence-electron chi connectivity index (χ2n) is 3.82. The summed E-state index contributed by atoms with van der Waals surface area (Å²) >= 11 is 0. The standard InChI is InChI=1S/C11H14N2O2/c1-15-11-6-9(12-7-13-11)5-10(14)8-3-2-4-8/h6-8H,2-5H2,1H3. The third-order valence-electron chi connectivity index (χ3n) is 2.82. The summed E-state index contributed by atoms with van der Waals surface area (Å²) < 4.78 is 4.97. The Kier molecular flexibility index (Phi) is 2.94. The van der Waals surface area contributed by atoms with E-state index in [0.717, 1.165) is 18.5 Å². The van der Waals surface area contributed by atoms with Gasteiger partial charge in [0.1, 0.15) is 12.1 Å². The Morgan fingerprint density at radius 2 is 2.33 bits per heavy atom. The van der Waals surface area contributed by atoms with Crippen LogP contribution in [0.2, 0.25) is 0 Å². The van der Waals surface area contributed by atoms with Crippen LogP contribution in [-0.2, 0) is 11.2 Å². The molecule has 1 aliphatic carbocycles. The van der Waals surface area contributed by atoms with Gasteiger partial charge >= 0.3 is 0 Å². The van der Waals surface area contributed by atoms with Crippen molar-refractivity contribution in [2.45, 2.75) is 25.7 Å². The molecule has 0 saturated heterocycles. The normalized spacial score (nSPS) is 15.8. The average molecular weight is 206 g/mol. The molecule has 0 bridgehead atoms. The first-order valence-electron chi connectivity index (χ1n) is 5.17. The van der Waals surface area contributed by atoms with Gasteiger partial charge in [0.15, 0.2) is 0 Å². The lowest BCUT2D eigenvalue weighted by Gasteiger charge is -2.23. The SMILES string of the molecule is COc1cc(CC(=O)C2CCC2)ncn1. The van der Waals surface area contributed by atoms with Crippen LogP contribution < -0.4 is 4.74 Å². The second-order valence-corrected chi connectivity index (χ2v) is 3.82. The van der Waals surface area contributed by atoms with Crippen molar-refractivity contribution in [2.24, 2.45) is 5.92 Å². The van der Waals surface area contributed by atoms with Crippen molar-refractivity contribution in [1.82, 2.24) is 9.97 Å². The molecule has 0 atom stereocenters. The molecular weight excluding hydrogens is 192 g/mol. The minimum atomic E-state index is 0.269. The van der Waals surface area contributed by atoms with Crippen LogP contribution in [0.4, 0.5) is 0 Å². The molecule has 0 amide bonds. The largest absolute Gasteiger partial charge is 0.481 e. The van der Waals surface area contributed by atoms with Crippen molar-refractivity contribution in [3.8, 4) is 5.88 Å². The van der Waals surface area contributed by atoms with Crippen LogP contribution in [0, 0.1) is 5.92 Å². The van der Waals surface area contributed by atoms with Crippen LogP contribution in [0.3, 0.4) is 0 Å². The highest BCUT2D eigenvalue weighted by Gasteiger charge is 2.25. The molecule has 1 aromatic rings. The molecule has 1 fully saturated rings. The van der Waals surface area contributed by atoms with E-state index in [9.17, 15) is 4.79 Å². The number of rotatable bonds is 4. The maximum Gasteiger partial charge on any atom is 0.216 e. The molecule has 15 heavy (non-hydrogen) atoms. The maximum absolute atomic E-state index is 11.7. The summed E-state index contributed by atoms with van der Waals surface area (Å²) in [4.78, 5) is 19.6. The van der Waals surface area contributed by atoms with Crippen LogP contribution >= 0.6 is 0 Å². The predicted molar refractivity (Wildman–Crippen MR) is 54.6 cm³/mol. The average Bonchev–Trinajstić information content (AvgIpc) is 2.15. The summed E-state index contributed by atoms with van der Waals surface area (Å²) in [5, 5.41) is 0. The molecule has 4 nitrogen and oxygen atoms in total. The van der Waals surface area contributed by atoms with Crippen molar-refractivity contribution in [3.63, 3.8) is 0 Å². The molecule has 0 spiro atoms. The van der Waals surface area contributed by atoms with Gasteiger partial charge in [-0.25, -0.2) is 9.97 Å². The summed E-state index contributed by atoms with van der Waals surface area (Å²) in [5.74, 6) is 1.08. The lowest BCUT2D eigenvalue weighted by atomic mass is 9.81. The van der Waals surface area contributed by atoms with Gasteiger partial charge in [-0.1, -0.05) is 6.42 Å². The number of carbonyl (C=O) groups excluding carboxylic acids is 1. The Balaban J connectivity index is 1.99. The number of Topliss-reactive ketones (excluding diaryl/α,β-unsaturated/α-hetero) is 1. The quantitative estimate of drug-likeness (QED) is 0.747. The molecule has 0 aromatic carbocycles. The molecule has 1 saturated carbocycles. The van der Waals surface area contributed by atoms with Gasteiger partial charge in [-0.15, -0.1) is 0 Å². The minimum Gasteiger partial charge on any atom is -0.481 e. The van der Waals surface area contributed by atoms with Gasteiger partial charge in [-0.2, -0.15) is 0 Å². The van der Waals surface area contributed by atoms with E-state index in [-0.39, 0.29) is 5.92 Å². The zero-order valence-corrected chi connectivity index (χ0v) is 8.77. The first kappa shape index (κ1) is 10.1. The van der Waals surface area contributed by atoms with Crippen LogP contribution in [0.15, 0.2) is 12.4 Å². The molecular formula is C11H14N2O2. The van der Waals surface area contributed by atoms with Gasteiger partial charge in [-0.05, 0) is 12.8 Å². The summed E-state index contributed by atoms with van der Waals surface area (Å²) in [6, 6.07) is 1.72. The van der Waals surface area contributed by atoms with Gasteiger partial charge in [0.25, 0.3) is 0 Å². The van der Waals surface area contributed by atoms with Crippen molar-refractivity contribution in [1.29, 1.82) is 0 Å². The third kappa shape index (κ3) is 2.32. The first-order chi connectivity index (χ1) is 7.29. The number of aromatic nitrogens is 2. The molecule has 0 aliphatic heterocycles. The summed E-state index contributed by atoms with van der Waals surface area (Å²) in [7, 11) is 1.56. The number of methoxy groups -OCH3 is 1. The molecule has 1 aliphatic rings. The molecule has 0 radical (unpaired) electrons. The minimum absolute atomic E-state index is 0.269. The van der Waals surface area contributed by atoms with Crippen LogP contribution in [0.25, 0.3) is 0 Å². The Hall–Kier alpha value is -1.45. The number of hydrogen-bond donors (Lipinski definition) is 0. The molecule has 4 heteroatoms. The molecule has 1 aromatic heterocycles. The molecule has 0 N–H and O–H groups in total. The van der Waals surface area contributed by atoms with Gasteiger partial charge < -0.3 is 4.74 Å². The smallest absolute Gasteiger partial charge is 0.216 e. The number of hydrogen-bond acceptors (Lipinski definition) is 4. The van der Waals surface area contributed by atoms with E-state index in [0.29, 0.717) is 18.1 Å². The van der Waals surface area contributed by atoms with E-state index in [4.69, 9.17) is 4.74 Å². The molecule has 80 valence electrons. The predicted octanol–water partition coefficient (Wildman–Crippen LogP) is 1.40. The fourth-order valence-corrected chi connectivity index (χ4v) is 1.64. The van der Waals surface area contributed by atoms with Gasteiger partial charge in [0.05, 0.1) is 12.8 Å². The Bertz CT molecular complexity index is 361. The molecule has 2 rings (SSSR count). The highest BCUT2D eigenvalue weighted by atomic mass is 16.5. The Morgan fingerprint density at radius 3 is 2.93 bits per heavy atom. The molecule has 0 unspecified atom stereocenters. The number of nitrogens with zero attached hydrogens (tertiary/aromatic N) is 2. The van der Waals surface area contributed by atoms with Crippen LogP contribution in [0.1, 0.15) is 25.0 Å². The van der Waals surface area contributed by atoms with E-state index in [1.54, 1.807) is 13.2 Å². The summed E-state index contributed by atoms with van der Waals surface area (Å²) in [5.41, 5.74) is 0.749. The lowest BCUT2D eigenvalue weighted by Crippen LogP contribution is -2.23. The van der Waals surface area contributed by atoms with Gasteiger partial charge in [0, 0.05) is 18.4 Å². The lowest BCUT2D eigenvalue weighted by molar-refractivity contribution is -0.124. The molecule has 1 heterocycles. The topological polar surface area (TPSA) is 52.1 Å². The maximum atomic E-state index is 11.7. The summed E-state index contributed by atoms with van der Waals surface area (Å²) in [6.45, 7) is 0. The fraction of sp³-hybridized carbons (Fsp3) is 0.545. The second kappa shape index (κ2) is 4.38. The van der Waals surface area contributed by atoms with Crippen LogP contribution in [-0.4, -0.2) is 22.9 Å². The Labute approximate surface area is 88.7 Å². The zero-order chi connectivity index (χ0) is 10.7. The Morgan fingerprint density at radius 1 is 1.53 bits per heavy atom. The van der Waals surface area contributed by atoms with Crippen molar-refractivity contribution < 1.29 is 9.53 Å². The summed E-state index contributed by atoms with van der Waals surface area (Å²) in [6.07, 6.45) is 5.11. The van der Waals surface area contributed by atoms with Crippen LogP contribution in [0.5, 0.6) is 5.88 Å². The highest BCUT2D eigenvalue weighted by Crippen LogP contribution is 2.28. The number of ether oxygens (including phenoxy) is 1. The monoisotopic (exact) mass is 206 g/mol. The van der Waals surface area contributed by atoms with E-state index < -0.39 is 0 Å². The van der Waals surface area contributed by atoms with Crippen molar-refractivity contribution >= 4 is 5.78 Å².